The number of fused-ring (bicyclic) bond motifs is 1. The average molecular weight is 411 g/mol. The number of hydrogen-bond acceptors (Lipinski definition) is 6. The van der Waals surface area contributed by atoms with E-state index in [-0.39, 0.29) is 31.3 Å². The van der Waals surface area contributed by atoms with Crippen molar-refractivity contribution < 1.29 is 23.4 Å². The van der Waals surface area contributed by atoms with Crippen LogP contribution in [0.3, 0.4) is 0 Å². The third-order valence-corrected chi connectivity index (χ3v) is 4.40. The second kappa shape index (κ2) is 8.24. The molecule has 1 aliphatic rings. The fourth-order valence-corrected chi connectivity index (χ4v) is 2.96. The van der Waals surface area contributed by atoms with Gasteiger partial charge in [0.2, 0.25) is 12.2 Å². The van der Waals surface area contributed by atoms with Crippen LogP contribution in [0.5, 0.6) is 17.2 Å². The summed E-state index contributed by atoms with van der Waals surface area (Å²) in [6.45, 7) is 2.09. The Morgan fingerprint density at radius 1 is 1.20 bits per heavy atom. The largest absolute Gasteiger partial charge is 0.492 e. The minimum Gasteiger partial charge on any atom is -0.492 e. The predicted molar refractivity (Wildman–Crippen MR) is 105 cm³/mol. The first-order valence-corrected chi connectivity index (χ1v) is 9.19. The highest BCUT2D eigenvalue weighted by Gasteiger charge is 2.17. The lowest BCUT2D eigenvalue weighted by Crippen LogP contribution is -2.34. The number of para-hydroxylation sites is 1. The van der Waals surface area contributed by atoms with Gasteiger partial charge in [0.25, 0.3) is 5.91 Å². The summed E-state index contributed by atoms with van der Waals surface area (Å²) in [4.78, 5) is 24.7. The van der Waals surface area contributed by atoms with Crippen molar-refractivity contribution in [3.63, 3.8) is 0 Å². The summed E-state index contributed by atoms with van der Waals surface area (Å²) < 4.78 is 31.4. The number of carbonyl (C=O) groups excluding carboxylic acids is 1. The van der Waals surface area contributed by atoms with Crippen molar-refractivity contribution in [3.05, 3.63) is 76.0 Å². The Balaban J connectivity index is 1.41. The Hall–Kier alpha value is -3.88. The van der Waals surface area contributed by atoms with Crippen LogP contribution in [0.1, 0.15) is 16.2 Å². The van der Waals surface area contributed by atoms with Gasteiger partial charge in [0, 0.05) is 17.8 Å². The Morgan fingerprint density at radius 3 is 2.83 bits per heavy atom. The molecule has 30 heavy (non-hydrogen) atoms. The Labute approximate surface area is 170 Å². The van der Waals surface area contributed by atoms with E-state index in [1.807, 2.05) is 0 Å². The van der Waals surface area contributed by atoms with Crippen molar-refractivity contribution in [1.82, 2.24) is 15.1 Å². The summed E-state index contributed by atoms with van der Waals surface area (Å²) in [6.07, 6.45) is 0. The molecule has 4 rings (SSSR count). The van der Waals surface area contributed by atoms with Gasteiger partial charge < -0.3 is 19.5 Å². The average Bonchev–Trinajstić information content (AvgIpc) is 3.20. The van der Waals surface area contributed by atoms with Gasteiger partial charge >= 0.3 is 0 Å². The molecule has 0 aliphatic carbocycles. The highest BCUT2D eigenvalue weighted by Crippen LogP contribution is 2.34. The molecule has 0 fully saturated rings. The van der Waals surface area contributed by atoms with Gasteiger partial charge in [-0.3, -0.25) is 9.59 Å². The van der Waals surface area contributed by atoms with Crippen LogP contribution in [-0.2, 0) is 0 Å². The van der Waals surface area contributed by atoms with Gasteiger partial charge in [0.15, 0.2) is 17.2 Å². The zero-order valence-corrected chi connectivity index (χ0v) is 16.1. The maximum atomic E-state index is 14.1. The molecule has 1 amide bonds. The van der Waals surface area contributed by atoms with Gasteiger partial charge in [-0.25, -0.2) is 9.07 Å². The predicted octanol–water partition coefficient (Wildman–Crippen LogP) is 2.22. The summed E-state index contributed by atoms with van der Waals surface area (Å²) in [7, 11) is 0. The lowest BCUT2D eigenvalue weighted by Gasteiger charge is -2.12. The van der Waals surface area contributed by atoms with Gasteiger partial charge in [-0.15, -0.1) is 0 Å². The highest BCUT2D eigenvalue weighted by atomic mass is 19.1. The number of ether oxygens (including phenoxy) is 3. The minimum absolute atomic E-state index is 0.141. The molecule has 0 saturated carbocycles. The number of benzene rings is 2. The number of halogens is 1. The second-order valence-corrected chi connectivity index (χ2v) is 6.48. The van der Waals surface area contributed by atoms with E-state index < -0.39 is 17.2 Å². The van der Waals surface area contributed by atoms with Crippen LogP contribution in [0, 0.1) is 12.7 Å². The Bertz CT molecular complexity index is 1160. The first-order chi connectivity index (χ1) is 14.5. The fraction of sp³-hybridized carbons (Fsp3) is 0.190. The van der Waals surface area contributed by atoms with Gasteiger partial charge in [0.1, 0.15) is 23.9 Å². The standard InChI is InChI=1S/C21H18FN3O5/c1-13-10-17(26)20(24-25(13)16-5-3-2-4-15(16)22)21(27)23-8-9-28-14-6-7-18-19(11-14)30-12-29-18/h2-7,10-11H,8-9,12H2,1H3,(H,23,27). The van der Waals surface area contributed by atoms with Crippen LogP contribution < -0.4 is 25.0 Å². The van der Waals surface area contributed by atoms with Gasteiger partial charge in [-0.05, 0) is 31.2 Å². The van der Waals surface area contributed by atoms with E-state index in [1.165, 1.54) is 22.9 Å². The fourth-order valence-electron chi connectivity index (χ4n) is 2.96. The molecular formula is C21H18FN3O5. The van der Waals surface area contributed by atoms with Crippen LogP contribution in [0.2, 0.25) is 0 Å². The molecule has 0 saturated heterocycles. The molecule has 1 aliphatic heterocycles. The topological polar surface area (TPSA) is 91.7 Å². The second-order valence-electron chi connectivity index (χ2n) is 6.48. The molecule has 0 spiro atoms. The zero-order chi connectivity index (χ0) is 21.1. The van der Waals surface area contributed by atoms with Gasteiger partial charge in [-0.1, -0.05) is 12.1 Å². The quantitative estimate of drug-likeness (QED) is 0.626. The molecule has 2 aromatic carbocycles. The minimum atomic E-state index is -0.667. The molecule has 0 radical (unpaired) electrons. The number of carbonyl (C=O) groups is 1. The van der Waals surface area contributed by atoms with Crippen LogP contribution >= 0.6 is 0 Å². The molecule has 9 heteroatoms. The normalized spacial score (nSPS) is 11.9. The van der Waals surface area contributed by atoms with Crippen molar-refractivity contribution in [1.29, 1.82) is 0 Å². The van der Waals surface area contributed by atoms with E-state index >= 15 is 0 Å². The van der Waals surface area contributed by atoms with E-state index in [4.69, 9.17) is 14.2 Å². The third-order valence-electron chi connectivity index (χ3n) is 4.40. The molecule has 0 unspecified atom stereocenters. The summed E-state index contributed by atoms with van der Waals surface area (Å²) >= 11 is 0. The maximum Gasteiger partial charge on any atom is 0.275 e. The van der Waals surface area contributed by atoms with Crippen molar-refractivity contribution >= 4 is 5.91 Å². The first-order valence-electron chi connectivity index (χ1n) is 9.19. The molecule has 0 atom stereocenters. The van der Waals surface area contributed by atoms with Crippen LogP contribution in [0.25, 0.3) is 5.69 Å². The summed E-state index contributed by atoms with van der Waals surface area (Å²) in [6, 6.07) is 12.4. The van der Waals surface area contributed by atoms with Crippen molar-refractivity contribution in [2.24, 2.45) is 0 Å². The smallest absolute Gasteiger partial charge is 0.275 e. The van der Waals surface area contributed by atoms with Gasteiger partial charge in [0.05, 0.1) is 6.54 Å². The Kier molecular flexibility index (Phi) is 5.34. The lowest BCUT2D eigenvalue weighted by molar-refractivity contribution is 0.0939. The van der Waals surface area contributed by atoms with E-state index in [1.54, 1.807) is 37.3 Å². The molecule has 2 heterocycles. The van der Waals surface area contributed by atoms with Gasteiger partial charge in [-0.2, -0.15) is 5.10 Å². The number of rotatable bonds is 6. The number of nitrogens with one attached hydrogen (secondary N) is 1. The Morgan fingerprint density at radius 2 is 2.00 bits per heavy atom. The maximum absolute atomic E-state index is 14.1. The first kappa shape index (κ1) is 19.4. The molecule has 0 bridgehead atoms. The summed E-state index contributed by atoms with van der Waals surface area (Å²) in [5, 5.41) is 6.65. The molecule has 8 nitrogen and oxygen atoms in total. The summed E-state index contributed by atoms with van der Waals surface area (Å²) in [5.41, 5.74) is -0.316. The SMILES string of the molecule is Cc1cc(=O)c(C(=O)NCCOc2ccc3c(c2)OCO3)nn1-c1ccccc1F. The highest BCUT2D eigenvalue weighted by molar-refractivity contribution is 5.92. The van der Waals surface area contributed by atoms with E-state index in [0.29, 0.717) is 22.9 Å². The monoisotopic (exact) mass is 411 g/mol. The number of amides is 1. The van der Waals surface area contributed by atoms with Crippen molar-refractivity contribution in [2.45, 2.75) is 6.92 Å². The van der Waals surface area contributed by atoms with Crippen molar-refractivity contribution in [2.75, 3.05) is 19.9 Å². The molecule has 1 aromatic heterocycles. The lowest BCUT2D eigenvalue weighted by atomic mass is 10.2. The molecular weight excluding hydrogens is 393 g/mol. The van der Waals surface area contributed by atoms with Crippen LogP contribution in [-0.4, -0.2) is 35.6 Å². The summed E-state index contributed by atoms with van der Waals surface area (Å²) in [5.74, 6) is 0.616. The van der Waals surface area contributed by atoms with Crippen LogP contribution in [0.15, 0.2) is 53.3 Å². The number of aromatic nitrogens is 2. The van der Waals surface area contributed by atoms with E-state index in [2.05, 4.69) is 10.4 Å². The van der Waals surface area contributed by atoms with Crippen LogP contribution in [0.4, 0.5) is 4.39 Å². The van der Waals surface area contributed by atoms with Crippen molar-refractivity contribution in [3.8, 4) is 22.9 Å². The number of aryl methyl sites for hydroxylation is 1. The molecule has 3 aromatic rings. The zero-order valence-electron chi connectivity index (χ0n) is 16.1. The third kappa shape index (κ3) is 3.95. The molecule has 1 N–H and O–H groups in total. The number of hydrogen-bond donors (Lipinski definition) is 1. The molecule has 154 valence electrons. The van der Waals surface area contributed by atoms with E-state index in [0.717, 1.165) is 0 Å². The van der Waals surface area contributed by atoms with E-state index in [9.17, 15) is 14.0 Å². The number of nitrogens with zero attached hydrogens (tertiary/aromatic N) is 2.